The Bertz CT molecular complexity index is 4160. The van der Waals surface area contributed by atoms with Crippen LogP contribution in [0.1, 0.15) is 213 Å². The Balaban J connectivity index is 1.39. The van der Waals surface area contributed by atoms with Crippen molar-refractivity contribution in [2.24, 2.45) is 52.7 Å². The molecule has 8 rings (SSSR count). The van der Waals surface area contributed by atoms with Crippen molar-refractivity contribution in [2.45, 2.75) is 190 Å². The van der Waals surface area contributed by atoms with Gasteiger partial charge in [0.15, 0.2) is 0 Å². The summed E-state index contributed by atoms with van der Waals surface area (Å²) in [6.45, 7) is 32.6. The second-order valence-electron chi connectivity index (χ2n) is 32.4. The van der Waals surface area contributed by atoms with Gasteiger partial charge in [0.05, 0.1) is 83.8 Å². The topological polar surface area (TPSA) is 297 Å². The van der Waals surface area contributed by atoms with Crippen molar-refractivity contribution in [1.29, 1.82) is 5.41 Å². The van der Waals surface area contributed by atoms with Crippen LogP contribution >= 0.6 is 0 Å². The van der Waals surface area contributed by atoms with E-state index in [9.17, 15) is 39.0 Å². The van der Waals surface area contributed by atoms with Crippen molar-refractivity contribution in [2.75, 3.05) is 41.1 Å². The first-order chi connectivity index (χ1) is 50.1. The predicted molar refractivity (Wildman–Crippen MR) is 428 cm³/mol. The minimum Gasteiger partial charge on any atom is -0.465 e. The van der Waals surface area contributed by atoms with Gasteiger partial charge < -0.3 is 58.1 Å². The monoisotopic (exact) mass is 1440 g/mol. The van der Waals surface area contributed by atoms with Gasteiger partial charge in [0.25, 0.3) is 0 Å². The van der Waals surface area contributed by atoms with E-state index in [2.05, 4.69) is 141 Å². The Morgan fingerprint density at radius 2 is 0.849 bits per heavy atom. The number of benzene rings is 4. The molecule has 18 nitrogen and oxygen atoms in total. The average molecular weight is 1440 g/mol. The van der Waals surface area contributed by atoms with Gasteiger partial charge in [0.2, 0.25) is 24.1 Å². The third-order valence-electron chi connectivity index (χ3n) is 19.6. The normalized spacial score (nSPS) is 22.3. The zero-order valence-corrected chi connectivity index (χ0v) is 64.8. The maximum absolute atomic E-state index is 14.5. The van der Waals surface area contributed by atoms with Crippen LogP contribution in [0, 0.1) is 40.9 Å². The molecule has 3 saturated carbocycles. The van der Waals surface area contributed by atoms with E-state index < -0.39 is 71.1 Å². The maximum atomic E-state index is 14.5. The summed E-state index contributed by atoms with van der Waals surface area (Å²) >= 11 is 0. The van der Waals surface area contributed by atoms with E-state index in [1.165, 1.54) is 0 Å². The highest BCUT2D eigenvalue weighted by Crippen LogP contribution is 2.46. The quantitative estimate of drug-likeness (QED) is 0.0140. The van der Waals surface area contributed by atoms with Crippen molar-refractivity contribution < 1.29 is 47.8 Å². The number of rotatable bonds is 24. The number of hydrogen-bond donors (Lipinski definition) is 8. The number of amides is 4. The van der Waals surface area contributed by atoms with Gasteiger partial charge in [-0.15, -0.1) is 0 Å². The second kappa shape index (κ2) is 35.3. The molecule has 4 aliphatic carbocycles. The largest absolute Gasteiger partial charge is 0.465 e. The number of ether oxygens (including phenoxy) is 3. The Labute approximate surface area is 627 Å². The molecule has 0 unspecified atom stereocenters. The molecule has 564 valence electrons. The van der Waals surface area contributed by atoms with E-state index >= 15 is 0 Å². The molecular weight excluding hydrogens is 1330 g/mol. The highest BCUT2D eigenvalue weighted by Gasteiger charge is 2.51. The Morgan fingerprint density at radius 1 is 0.472 bits per heavy atom. The predicted octanol–water partition coefficient (Wildman–Crippen LogP) is 16.9. The van der Waals surface area contributed by atoms with Crippen LogP contribution in [0.25, 0.3) is 22.3 Å². The molecule has 4 aliphatic rings. The third kappa shape index (κ3) is 21.6. The van der Waals surface area contributed by atoms with E-state index in [0.717, 1.165) is 58.2 Å². The summed E-state index contributed by atoms with van der Waals surface area (Å²) in [5, 5.41) is 22.4. The van der Waals surface area contributed by atoms with Crippen molar-refractivity contribution in [3.05, 3.63) is 201 Å². The number of nitrogens with one attached hydrogen (secondary N) is 5. The molecule has 4 amide bonds. The van der Waals surface area contributed by atoms with Crippen LogP contribution in [0.15, 0.2) is 157 Å². The fourth-order valence-corrected chi connectivity index (χ4v) is 12.5. The zero-order chi connectivity index (χ0) is 77.6. The number of carbonyl (C=O) groups excluding carboxylic acids is 7. The fourth-order valence-electron chi connectivity index (χ4n) is 12.5. The van der Waals surface area contributed by atoms with Crippen LogP contribution in [0.5, 0.6) is 0 Å². The third-order valence-corrected chi connectivity index (χ3v) is 19.6. The summed E-state index contributed by atoms with van der Waals surface area (Å²) in [4.78, 5) is 95.6. The SMILES string of the molecule is CCCCOC(=O)[C@@H]1C[C@H]1C(=O)Nc1cccc(NC=O)c1C1=C(N)/C=C\C/C(c2cc(C(C)(C)C)cc(C(C)(C)C)c2)=C/C=C\C(N)=C(/c2c(NC(=O)[C@@H]3C[C@H]3C(=O)OCCCC)cccc2NC(=O)[C@@H]2C[C@H]2C(=O)OCCCC)C(=N)\C=C/C=C(c2cc(C(C)(C)C)cc(C(C)(C)C)c2)/C=C/C=C1N. The van der Waals surface area contributed by atoms with Crippen LogP contribution < -0.4 is 38.5 Å². The van der Waals surface area contributed by atoms with E-state index in [0.29, 0.717) is 48.9 Å². The Kier molecular flexibility index (Phi) is 27.2. The zero-order valence-electron chi connectivity index (χ0n) is 64.8. The molecule has 0 bridgehead atoms. The van der Waals surface area contributed by atoms with Gasteiger partial charge in [-0.25, -0.2) is 0 Å². The van der Waals surface area contributed by atoms with Gasteiger partial charge >= 0.3 is 17.9 Å². The number of anilines is 4. The van der Waals surface area contributed by atoms with Crippen LogP contribution in [-0.2, 0) is 69.4 Å². The molecule has 3 fully saturated rings. The summed E-state index contributed by atoms with van der Waals surface area (Å²) < 4.78 is 16.6. The van der Waals surface area contributed by atoms with Crippen molar-refractivity contribution in [3.63, 3.8) is 0 Å². The highest BCUT2D eigenvalue weighted by atomic mass is 16.5. The maximum Gasteiger partial charge on any atom is 0.309 e. The highest BCUT2D eigenvalue weighted by molar-refractivity contribution is 6.31. The smallest absolute Gasteiger partial charge is 0.309 e. The van der Waals surface area contributed by atoms with Gasteiger partial charge in [0, 0.05) is 39.4 Å². The van der Waals surface area contributed by atoms with Gasteiger partial charge in [-0.2, -0.15) is 0 Å². The molecule has 11 N–H and O–H groups in total. The lowest BCUT2D eigenvalue weighted by Crippen LogP contribution is -2.22. The minimum absolute atomic E-state index is 0.0719. The number of esters is 3. The van der Waals surface area contributed by atoms with Gasteiger partial charge in [-0.3, -0.25) is 33.6 Å². The molecule has 0 radical (unpaired) electrons. The molecule has 0 aliphatic heterocycles. The lowest BCUT2D eigenvalue weighted by Gasteiger charge is -2.26. The van der Waals surface area contributed by atoms with Crippen LogP contribution in [0.4, 0.5) is 22.7 Å². The molecule has 0 aromatic heterocycles. The van der Waals surface area contributed by atoms with Crippen LogP contribution in [-0.4, -0.2) is 67.6 Å². The van der Waals surface area contributed by atoms with E-state index in [4.69, 9.17) is 31.4 Å². The minimum atomic E-state index is -0.714. The van der Waals surface area contributed by atoms with Crippen molar-refractivity contribution in [3.8, 4) is 0 Å². The molecule has 6 atom stereocenters. The first kappa shape index (κ1) is 81.6. The van der Waals surface area contributed by atoms with E-state index in [-0.39, 0.29) is 117 Å². The Hall–Kier alpha value is -10.1. The number of unbranched alkanes of at least 4 members (excludes halogenated alkanes) is 3. The lowest BCUT2D eigenvalue weighted by molar-refractivity contribution is -0.147. The molecule has 0 heterocycles. The summed E-state index contributed by atoms with van der Waals surface area (Å²) in [7, 11) is 0. The molecule has 18 heteroatoms. The fraction of sp³-hybridized carbons (Fsp3) is 0.432. The molecule has 4 aromatic carbocycles. The van der Waals surface area contributed by atoms with Crippen LogP contribution in [0.3, 0.4) is 0 Å². The lowest BCUT2D eigenvalue weighted by atomic mass is 9.78. The van der Waals surface area contributed by atoms with Gasteiger partial charge in [-0.05, 0) is 160 Å². The summed E-state index contributed by atoms with van der Waals surface area (Å²) in [6.07, 6.45) is 25.8. The van der Waals surface area contributed by atoms with Gasteiger partial charge in [-0.1, -0.05) is 214 Å². The Morgan fingerprint density at radius 3 is 1.25 bits per heavy atom. The number of allylic oxidation sites excluding steroid dienone is 15. The molecule has 106 heavy (non-hydrogen) atoms. The van der Waals surface area contributed by atoms with Crippen molar-refractivity contribution >= 4 is 92.8 Å². The standard InChI is InChI=1S/C88H112N8O10/c1-16-19-40-104-82(101)64-49-61(64)79(98)94-72-37-26-36-71(93-52-97)77(72)75-67(89)32-22-28-53(55-43-57(85(4,5)6)47-58(44-55)86(7,8)9)30-24-34-69(91)76(70(92)35-25-31-54(29-23-33-68(75)90)56-45-59(87(10,11)12)48-60(46-56)88(13,14)15)78-73(95-80(99)62-50-65(62)83(102)105-41-20-17-2)38-27-39-74(78)96-81(100)63-51-66(63)84(103)106-42-21-18-3/h22-28,30-39,43-48,52,61-66,91H,16-21,29,40-42,49-51,89-90,92H2,1-15H3,(H,93,97)(H,94,98)(H,95,99)(H,96,100)/b28-22+,33-23-,34-24-,35-25-,53-30-,54-31-,67-32?,75-68?,76-70+,91-69?/t61-,62-,63-,64-,65-,66-/m1/s1. The van der Waals surface area contributed by atoms with Gasteiger partial charge in [0.1, 0.15) is 0 Å². The summed E-state index contributed by atoms with van der Waals surface area (Å²) in [5.74, 6) is -6.67. The first-order valence-corrected chi connectivity index (χ1v) is 37.5. The molecule has 4 aromatic rings. The molecular formula is C88H112N8O10. The molecule has 0 spiro atoms. The first-order valence-electron chi connectivity index (χ1n) is 37.5. The van der Waals surface area contributed by atoms with E-state index in [1.54, 1.807) is 78.9 Å². The summed E-state index contributed by atoms with van der Waals surface area (Å²) in [6, 6.07) is 23.1. The van der Waals surface area contributed by atoms with Crippen LogP contribution in [0.2, 0.25) is 0 Å². The number of carbonyl (C=O) groups is 7. The number of nitrogens with two attached hydrogens (primary N) is 3. The molecule has 0 saturated heterocycles. The van der Waals surface area contributed by atoms with Crippen molar-refractivity contribution in [1.82, 2.24) is 0 Å². The van der Waals surface area contributed by atoms with E-state index in [1.807, 2.05) is 45.1 Å². The number of hydrogen-bond acceptors (Lipinski definition) is 14. The average Bonchev–Trinajstić information content (AvgIpc) is 1.20. The summed E-state index contributed by atoms with van der Waals surface area (Å²) in [5.41, 5.74) is 30.8. The second-order valence-corrected chi connectivity index (χ2v) is 32.4.